The van der Waals surface area contributed by atoms with Gasteiger partial charge < -0.3 is 10.2 Å². The molecule has 1 fully saturated rings. The number of likely N-dealkylation sites (tertiary alicyclic amines) is 1. The standard InChI is InChI=1S/C15H21N5O2S/c1-3-5-10-8-13(22)20-15(17-10)23-14(18-20)16-11-6-7-19(9-11)12(21)4-2/h8,11H,3-7,9H2,1-2H3,(H,16,18). The first-order valence-electron chi connectivity index (χ1n) is 8.04. The number of nitrogens with zero attached hydrogens (tertiary/aromatic N) is 4. The zero-order chi connectivity index (χ0) is 16.4. The van der Waals surface area contributed by atoms with Gasteiger partial charge in [-0.05, 0) is 12.8 Å². The lowest BCUT2D eigenvalue weighted by atomic mass is 10.2. The number of nitrogens with one attached hydrogen (secondary N) is 1. The van der Waals surface area contributed by atoms with E-state index in [4.69, 9.17) is 0 Å². The number of aryl methyl sites for hydroxylation is 1. The fourth-order valence-electron chi connectivity index (χ4n) is 2.80. The summed E-state index contributed by atoms with van der Waals surface area (Å²) in [5.74, 6) is 0.181. The van der Waals surface area contributed by atoms with Crippen LogP contribution in [0, 0.1) is 0 Å². The van der Waals surface area contributed by atoms with Gasteiger partial charge in [0.2, 0.25) is 16.0 Å². The maximum atomic E-state index is 12.1. The molecular weight excluding hydrogens is 314 g/mol. The molecule has 0 spiro atoms. The van der Waals surface area contributed by atoms with Crippen LogP contribution in [0.15, 0.2) is 10.9 Å². The third-order valence-electron chi connectivity index (χ3n) is 3.98. The normalized spacial score (nSPS) is 17.8. The Kier molecular flexibility index (Phi) is 4.61. The Morgan fingerprint density at radius 1 is 1.48 bits per heavy atom. The molecule has 1 saturated heterocycles. The molecule has 0 radical (unpaired) electrons. The van der Waals surface area contributed by atoms with Crippen molar-refractivity contribution in [2.45, 2.75) is 45.6 Å². The van der Waals surface area contributed by atoms with Gasteiger partial charge in [0.15, 0.2) is 0 Å². The summed E-state index contributed by atoms with van der Waals surface area (Å²) in [7, 11) is 0. The average Bonchev–Trinajstić information content (AvgIpc) is 3.14. The number of carbonyl (C=O) groups excluding carboxylic acids is 1. The van der Waals surface area contributed by atoms with E-state index in [9.17, 15) is 9.59 Å². The second-order valence-electron chi connectivity index (χ2n) is 5.76. The molecule has 1 unspecified atom stereocenters. The first-order chi connectivity index (χ1) is 11.1. The number of hydrogen-bond acceptors (Lipinski definition) is 6. The maximum absolute atomic E-state index is 12.1. The van der Waals surface area contributed by atoms with E-state index in [1.54, 1.807) is 6.07 Å². The summed E-state index contributed by atoms with van der Waals surface area (Å²) in [4.78, 5) is 30.8. The zero-order valence-corrected chi connectivity index (χ0v) is 14.2. The molecule has 2 aromatic rings. The fourth-order valence-corrected chi connectivity index (χ4v) is 3.70. The molecule has 7 nitrogen and oxygen atoms in total. The van der Waals surface area contributed by atoms with E-state index >= 15 is 0 Å². The average molecular weight is 335 g/mol. The topological polar surface area (TPSA) is 79.6 Å². The van der Waals surface area contributed by atoms with Gasteiger partial charge in [0.1, 0.15) is 0 Å². The van der Waals surface area contributed by atoms with E-state index in [0.29, 0.717) is 23.1 Å². The van der Waals surface area contributed by atoms with Crippen molar-refractivity contribution in [1.29, 1.82) is 0 Å². The Balaban J connectivity index is 1.75. The summed E-state index contributed by atoms with van der Waals surface area (Å²) in [6.45, 7) is 5.40. The Bertz CT molecular complexity index is 769. The lowest BCUT2D eigenvalue weighted by Crippen LogP contribution is -2.30. The van der Waals surface area contributed by atoms with E-state index in [2.05, 4.69) is 22.3 Å². The van der Waals surface area contributed by atoms with Gasteiger partial charge >= 0.3 is 0 Å². The Morgan fingerprint density at radius 3 is 3.04 bits per heavy atom. The molecule has 0 aliphatic carbocycles. The van der Waals surface area contributed by atoms with Gasteiger partial charge in [0, 0.05) is 37.3 Å². The molecule has 1 N–H and O–H groups in total. The van der Waals surface area contributed by atoms with Crippen molar-refractivity contribution < 1.29 is 4.79 Å². The number of rotatable bonds is 5. The van der Waals surface area contributed by atoms with Gasteiger partial charge in [-0.1, -0.05) is 31.6 Å². The van der Waals surface area contributed by atoms with Crippen LogP contribution in [-0.2, 0) is 11.2 Å². The molecular formula is C15H21N5O2S. The lowest BCUT2D eigenvalue weighted by Gasteiger charge is -2.15. The highest BCUT2D eigenvalue weighted by Gasteiger charge is 2.26. The molecule has 1 atom stereocenters. The van der Waals surface area contributed by atoms with Crippen LogP contribution < -0.4 is 10.9 Å². The molecule has 1 aliphatic rings. The molecule has 1 aliphatic heterocycles. The van der Waals surface area contributed by atoms with Gasteiger partial charge in [0.05, 0.1) is 0 Å². The summed E-state index contributed by atoms with van der Waals surface area (Å²) >= 11 is 1.38. The molecule has 3 rings (SSSR count). The van der Waals surface area contributed by atoms with Crippen LogP contribution >= 0.6 is 11.3 Å². The minimum absolute atomic E-state index is 0.142. The molecule has 0 saturated carbocycles. The lowest BCUT2D eigenvalue weighted by molar-refractivity contribution is -0.129. The minimum atomic E-state index is -0.142. The van der Waals surface area contributed by atoms with Gasteiger partial charge in [-0.25, -0.2) is 4.98 Å². The van der Waals surface area contributed by atoms with Crippen LogP contribution in [-0.4, -0.2) is 44.5 Å². The molecule has 1 amide bonds. The Hall–Kier alpha value is -1.96. The summed E-state index contributed by atoms with van der Waals surface area (Å²) < 4.78 is 1.34. The summed E-state index contributed by atoms with van der Waals surface area (Å²) in [6, 6.07) is 1.73. The molecule has 0 aromatic carbocycles. The molecule has 124 valence electrons. The van der Waals surface area contributed by atoms with Crippen molar-refractivity contribution in [3.63, 3.8) is 0 Å². The van der Waals surface area contributed by atoms with Gasteiger partial charge in [-0.15, -0.1) is 5.10 Å². The monoisotopic (exact) mass is 335 g/mol. The van der Waals surface area contributed by atoms with Crippen molar-refractivity contribution >= 4 is 27.3 Å². The second-order valence-corrected chi connectivity index (χ2v) is 6.72. The first kappa shape index (κ1) is 15.9. The minimum Gasteiger partial charge on any atom is -0.355 e. The van der Waals surface area contributed by atoms with Gasteiger partial charge in [-0.2, -0.15) is 4.52 Å². The fraction of sp³-hybridized carbons (Fsp3) is 0.600. The van der Waals surface area contributed by atoms with E-state index < -0.39 is 0 Å². The van der Waals surface area contributed by atoms with Crippen LogP contribution in [0.3, 0.4) is 0 Å². The van der Waals surface area contributed by atoms with E-state index in [0.717, 1.165) is 31.5 Å². The van der Waals surface area contributed by atoms with E-state index in [-0.39, 0.29) is 17.5 Å². The quantitative estimate of drug-likeness (QED) is 0.896. The summed E-state index contributed by atoms with van der Waals surface area (Å²) in [5, 5.41) is 8.32. The molecule has 2 aromatic heterocycles. The van der Waals surface area contributed by atoms with Gasteiger partial charge in [0.25, 0.3) is 5.56 Å². The zero-order valence-electron chi connectivity index (χ0n) is 13.4. The highest BCUT2D eigenvalue weighted by Crippen LogP contribution is 2.21. The number of aromatic nitrogens is 3. The van der Waals surface area contributed by atoms with E-state index in [1.807, 2.05) is 11.8 Å². The maximum Gasteiger partial charge on any atom is 0.275 e. The van der Waals surface area contributed by atoms with Crippen LogP contribution in [0.4, 0.5) is 5.13 Å². The predicted octanol–water partition coefficient (Wildman–Crippen LogP) is 1.53. The molecule has 23 heavy (non-hydrogen) atoms. The third-order valence-corrected chi connectivity index (χ3v) is 4.81. The summed E-state index contributed by atoms with van der Waals surface area (Å²) in [6.07, 6.45) is 3.18. The smallest absolute Gasteiger partial charge is 0.275 e. The van der Waals surface area contributed by atoms with Crippen LogP contribution in [0.25, 0.3) is 4.96 Å². The van der Waals surface area contributed by atoms with E-state index in [1.165, 1.54) is 15.9 Å². The number of amides is 1. The number of anilines is 1. The molecule has 8 heteroatoms. The third kappa shape index (κ3) is 3.36. The highest BCUT2D eigenvalue weighted by molar-refractivity contribution is 7.20. The van der Waals surface area contributed by atoms with Crippen molar-refractivity contribution in [1.82, 2.24) is 19.5 Å². The number of fused-ring (bicyclic) bond motifs is 1. The first-order valence-corrected chi connectivity index (χ1v) is 8.86. The van der Waals surface area contributed by atoms with Crippen LogP contribution in [0.1, 0.15) is 38.8 Å². The van der Waals surface area contributed by atoms with Crippen molar-refractivity contribution in [3.05, 3.63) is 22.1 Å². The largest absolute Gasteiger partial charge is 0.355 e. The predicted molar refractivity (Wildman–Crippen MR) is 90.0 cm³/mol. The number of hydrogen-bond donors (Lipinski definition) is 1. The van der Waals surface area contributed by atoms with Gasteiger partial charge in [-0.3, -0.25) is 9.59 Å². The van der Waals surface area contributed by atoms with Crippen molar-refractivity contribution in [2.24, 2.45) is 0 Å². The van der Waals surface area contributed by atoms with Crippen LogP contribution in [0.2, 0.25) is 0 Å². The second kappa shape index (κ2) is 6.66. The Labute approximate surface area is 138 Å². The van der Waals surface area contributed by atoms with Crippen LogP contribution in [0.5, 0.6) is 0 Å². The van der Waals surface area contributed by atoms with Crippen molar-refractivity contribution in [3.8, 4) is 0 Å². The molecule has 0 bridgehead atoms. The molecule has 3 heterocycles. The van der Waals surface area contributed by atoms with Crippen molar-refractivity contribution in [2.75, 3.05) is 18.4 Å². The SMILES string of the molecule is CCCc1cc(=O)n2nc(NC3CCN(C(=O)CC)C3)sc2n1. The highest BCUT2D eigenvalue weighted by atomic mass is 32.1. The summed E-state index contributed by atoms with van der Waals surface area (Å²) in [5.41, 5.74) is 0.672. The Morgan fingerprint density at radius 2 is 2.30 bits per heavy atom. The number of carbonyl (C=O) groups is 1.